The second-order valence-corrected chi connectivity index (χ2v) is 6.47. The Labute approximate surface area is 130 Å². The molecule has 0 aliphatic carbocycles. The maximum absolute atomic E-state index is 5.42. The molecule has 0 radical (unpaired) electrons. The van der Waals surface area contributed by atoms with Crippen molar-refractivity contribution in [3.05, 3.63) is 35.4 Å². The van der Waals surface area contributed by atoms with E-state index in [-0.39, 0.29) is 0 Å². The van der Waals surface area contributed by atoms with Gasteiger partial charge in [-0.1, -0.05) is 24.3 Å². The summed E-state index contributed by atoms with van der Waals surface area (Å²) < 4.78 is 21.7. The maximum atomic E-state index is 5.42. The molecule has 1 aromatic carbocycles. The fourth-order valence-electron chi connectivity index (χ4n) is 1.62. The van der Waals surface area contributed by atoms with E-state index in [9.17, 15) is 0 Å². The molecule has 0 aliphatic rings. The van der Waals surface area contributed by atoms with Crippen molar-refractivity contribution in [2.24, 2.45) is 0 Å². The highest BCUT2D eigenvalue weighted by atomic mass is 28.4. The van der Waals surface area contributed by atoms with Gasteiger partial charge in [0.25, 0.3) is 0 Å². The Morgan fingerprint density at radius 3 is 1.14 bits per heavy atom. The quantitative estimate of drug-likeness (QED) is 0.683. The van der Waals surface area contributed by atoms with Gasteiger partial charge < -0.3 is 17.7 Å². The van der Waals surface area contributed by atoms with Crippen LogP contribution in [-0.2, 0) is 17.7 Å². The molecule has 0 spiro atoms. The van der Waals surface area contributed by atoms with Crippen LogP contribution < -0.4 is 0 Å². The molecular formula is C16H30O4Si. The first kappa shape index (κ1) is 20.3. The van der Waals surface area contributed by atoms with Gasteiger partial charge in [-0.3, -0.25) is 0 Å². The molecule has 0 aliphatic heterocycles. The van der Waals surface area contributed by atoms with Gasteiger partial charge >= 0.3 is 9.05 Å². The third-order valence-corrected chi connectivity index (χ3v) is 5.28. The predicted octanol–water partition coefficient (Wildman–Crippen LogP) is 3.87. The minimum absolute atomic E-state index is 0.548. The van der Waals surface area contributed by atoms with Crippen molar-refractivity contribution in [1.82, 2.24) is 0 Å². The monoisotopic (exact) mass is 314 g/mol. The average molecular weight is 314 g/mol. The molecule has 0 heterocycles. The van der Waals surface area contributed by atoms with Gasteiger partial charge in [0.1, 0.15) is 0 Å². The molecule has 0 bridgehead atoms. The van der Waals surface area contributed by atoms with Crippen molar-refractivity contribution in [2.75, 3.05) is 26.4 Å². The van der Waals surface area contributed by atoms with E-state index in [4.69, 9.17) is 17.7 Å². The van der Waals surface area contributed by atoms with Crippen LogP contribution in [0.3, 0.4) is 0 Å². The van der Waals surface area contributed by atoms with E-state index < -0.39 is 9.05 Å². The molecule has 0 amide bonds. The van der Waals surface area contributed by atoms with Crippen molar-refractivity contribution in [2.45, 2.75) is 41.5 Å². The molecule has 0 unspecified atom stereocenters. The van der Waals surface area contributed by atoms with Gasteiger partial charge in [0.05, 0.1) is 0 Å². The fourth-order valence-corrected chi connectivity index (χ4v) is 3.53. The summed E-state index contributed by atoms with van der Waals surface area (Å²) >= 11 is 0. The van der Waals surface area contributed by atoms with Gasteiger partial charge in [-0.05, 0) is 52.7 Å². The first-order valence-corrected chi connectivity index (χ1v) is 9.26. The fraction of sp³-hybridized carbons (Fsp3) is 0.625. The second kappa shape index (κ2) is 11.9. The topological polar surface area (TPSA) is 36.9 Å². The number of hydrogen-bond donors (Lipinski definition) is 0. The highest BCUT2D eigenvalue weighted by Crippen LogP contribution is 2.11. The van der Waals surface area contributed by atoms with E-state index in [2.05, 4.69) is 38.1 Å². The molecule has 0 N–H and O–H groups in total. The normalized spacial score (nSPS) is 11.0. The lowest BCUT2D eigenvalue weighted by molar-refractivity contribution is -0.0247. The lowest BCUT2D eigenvalue weighted by atomic mass is 10.1. The third-order valence-electron chi connectivity index (χ3n) is 2.71. The highest BCUT2D eigenvalue weighted by molar-refractivity contribution is 6.53. The summed E-state index contributed by atoms with van der Waals surface area (Å²) in [7, 11) is -2.80. The van der Waals surface area contributed by atoms with E-state index in [1.807, 2.05) is 27.7 Å². The Hall–Kier alpha value is -0.723. The minimum Gasteiger partial charge on any atom is -0.351 e. The van der Waals surface area contributed by atoms with E-state index in [0.717, 1.165) is 0 Å². The van der Waals surface area contributed by atoms with Gasteiger partial charge in [-0.25, -0.2) is 0 Å². The van der Waals surface area contributed by atoms with Crippen LogP contribution in [0.15, 0.2) is 24.3 Å². The predicted molar refractivity (Wildman–Crippen MR) is 88.2 cm³/mol. The summed E-state index contributed by atoms with van der Waals surface area (Å²) in [4.78, 5) is 0. The summed E-state index contributed by atoms with van der Waals surface area (Å²) in [5.41, 5.74) is 2.74. The molecule has 21 heavy (non-hydrogen) atoms. The second-order valence-electron chi connectivity index (χ2n) is 4.32. The lowest BCUT2D eigenvalue weighted by Gasteiger charge is -2.26. The number of aryl methyl sites for hydroxylation is 2. The van der Waals surface area contributed by atoms with E-state index >= 15 is 0 Å². The van der Waals surface area contributed by atoms with Crippen LogP contribution in [0.1, 0.15) is 38.8 Å². The smallest absolute Gasteiger partial charge is 0.351 e. The molecule has 0 aromatic heterocycles. The van der Waals surface area contributed by atoms with Crippen molar-refractivity contribution in [3.63, 3.8) is 0 Å². The third kappa shape index (κ3) is 8.33. The first-order valence-electron chi connectivity index (χ1n) is 7.63. The van der Waals surface area contributed by atoms with Crippen molar-refractivity contribution >= 4 is 9.05 Å². The van der Waals surface area contributed by atoms with Gasteiger partial charge in [0.15, 0.2) is 0 Å². The molecule has 0 saturated carbocycles. The molecule has 1 aromatic rings. The molecule has 0 atom stereocenters. The van der Waals surface area contributed by atoms with E-state index in [1.165, 1.54) is 11.1 Å². The van der Waals surface area contributed by atoms with Crippen LogP contribution in [0.4, 0.5) is 0 Å². The summed E-state index contributed by atoms with van der Waals surface area (Å²) in [5.74, 6) is 0. The molecule has 0 fully saturated rings. The van der Waals surface area contributed by atoms with Gasteiger partial charge in [-0.15, -0.1) is 0 Å². The first-order chi connectivity index (χ1) is 10.0. The Bertz CT molecular complexity index is 321. The van der Waals surface area contributed by atoms with E-state index in [0.29, 0.717) is 26.4 Å². The van der Waals surface area contributed by atoms with Crippen LogP contribution >= 0.6 is 0 Å². The van der Waals surface area contributed by atoms with Crippen molar-refractivity contribution in [3.8, 4) is 0 Å². The lowest BCUT2D eigenvalue weighted by Crippen LogP contribution is -2.49. The largest absolute Gasteiger partial charge is 0.679 e. The molecule has 122 valence electrons. The zero-order valence-corrected chi connectivity index (χ0v) is 15.3. The van der Waals surface area contributed by atoms with Gasteiger partial charge in [-0.2, -0.15) is 0 Å². The van der Waals surface area contributed by atoms with Crippen molar-refractivity contribution < 1.29 is 17.7 Å². The SMILES string of the molecule is CCO[Si](OCC)(OCC)OCC.Cc1ccccc1C. The van der Waals surface area contributed by atoms with E-state index in [1.54, 1.807) is 0 Å². The molecule has 1 rings (SSSR count). The zero-order valence-electron chi connectivity index (χ0n) is 14.3. The molecular weight excluding hydrogens is 284 g/mol. The Morgan fingerprint density at radius 1 is 0.667 bits per heavy atom. The summed E-state index contributed by atoms with van der Waals surface area (Å²) in [6, 6.07) is 8.36. The van der Waals surface area contributed by atoms with Gasteiger partial charge in [0.2, 0.25) is 0 Å². The minimum atomic E-state index is -2.80. The van der Waals surface area contributed by atoms with Gasteiger partial charge in [0, 0.05) is 26.4 Å². The standard InChI is InChI=1S/C8H20O4Si.C8H10/c1-5-9-13(10-6-2,11-7-3)12-8-4;1-7-5-3-4-6-8(7)2/h5-8H2,1-4H3;3-6H,1-2H3. The molecule has 4 nitrogen and oxygen atoms in total. The number of rotatable bonds is 8. The zero-order chi connectivity index (χ0) is 16.1. The molecule has 0 saturated heterocycles. The maximum Gasteiger partial charge on any atom is 0.679 e. The highest BCUT2D eigenvalue weighted by Gasteiger charge is 2.44. The Morgan fingerprint density at radius 2 is 0.952 bits per heavy atom. The number of hydrogen-bond acceptors (Lipinski definition) is 4. The van der Waals surface area contributed by atoms with Crippen LogP contribution in [0.5, 0.6) is 0 Å². The van der Waals surface area contributed by atoms with Crippen LogP contribution in [0.2, 0.25) is 0 Å². The summed E-state index contributed by atoms with van der Waals surface area (Å²) in [6.45, 7) is 14.0. The molecule has 5 heteroatoms. The van der Waals surface area contributed by atoms with Crippen LogP contribution in [0.25, 0.3) is 0 Å². The Balaban J connectivity index is 0.000000423. The summed E-state index contributed by atoms with van der Waals surface area (Å²) in [5, 5.41) is 0. The van der Waals surface area contributed by atoms with Crippen molar-refractivity contribution in [1.29, 1.82) is 0 Å². The summed E-state index contributed by atoms with van der Waals surface area (Å²) in [6.07, 6.45) is 0. The van der Waals surface area contributed by atoms with Crippen LogP contribution in [0, 0.1) is 13.8 Å². The Kier molecular flexibility index (Phi) is 11.5. The van der Waals surface area contributed by atoms with Crippen LogP contribution in [-0.4, -0.2) is 35.5 Å². The average Bonchev–Trinajstić information content (AvgIpc) is 2.44. The number of benzene rings is 1.